The molecule has 0 saturated carbocycles. The van der Waals surface area contributed by atoms with E-state index in [-0.39, 0.29) is 12.4 Å². The first-order valence-electron chi connectivity index (χ1n) is 8.89. The van der Waals surface area contributed by atoms with E-state index in [0.29, 0.717) is 12.1 Å². The fourth-order valence-corrected chi connectivity index (χ4v) is 2.86. The highest BCUT2D eigenvalue weighted by atomic mass is 19.1. The van der Waals surface area contributed by atoms with Crippen LogP contribution in [0.4, 0.5) is 9.18 Å². The zero-order chi connectivity index (χ0) is 19.1. The average Bonchev–Trinajstić information content (AvgIpc) is 3.11. The summed E-state index contributed by atoms with van der Waals surface area (Å²) in [6.45, 7) is 0.219. The Kier molecular flexibility index (Phi) is 6.24. The van der Waals surface area contributed by atoms with E-state index in [1.54, 1.807) is 6.07 Å². The van der Waals surface area contributed by atoms with Crippen molar-refractivity contribution in [3.8, 4) is 11.4 Å². The number of rotatable bonds is 6. The van der Waals surface area contributed by atoms with Gasteiger partial charge in [0.15, 0.2) is 0 Å². The van der Waals surface area contributed by atoms with Crippen molar-refractivity contribution in [2.75, 3.05) is 6.54 Å². The lowest BCUT2D eigenvalue weighted by molar-refractivity contribution is -0.121. The van der Waals surface area contributed by atoms with Gasteiger partial charge in [-0.15, -0.1) is 10.2 Å². The maximum absolute atomic E-state index is 13.2. The Morgan fingerprint density at radius 3 is 2.93 bits per heavy atom. The lowest BCUT2D eigenvalue weighted by Gasteiger charge is -2.13. The van der Waals surface area contributed by atoms with Crippen LogP contribution in [0.5, 0.6) is 0 Å². The fourth-order valence-electron chi connectivity index (χ4n) is 2.86. The van der Waals surface area contributed by atoms with Gasteiger partial charge >= 0.3 is 6.03 Å². The third-order valence-electron chi connectivity index (χ3n) is 4.19. The zero-order valence-corrected chi connectivity index (χ0v) is 14.8. The minimum absolute atomic E-state index is 0.201. The van der Waals surface area contributed by atoms with Gasteiger partial charge in [0.05, 0.1) is 0 Å². The summed E-state index contributed by atoms with van der Waals surface area (Å²) in [5.74, 6) is -0.776. The number of halogens is 1. The van der Waals surface area contributed by atoms with Crippen molar-refractivity contribution in [2.45, 2.75) is 38.6 Å². The van der Waals surface area contributed by atoms with Crippen molar-refractivity contribution < 1.29 is 14.0 Å². The molecule has 0 bridgehead atoms. The molecule has 1 aromatic heterocycles. The predicted octanol–water partition coefficient (Wildman–Crippen LogP) is 2.20. The fraction of sp³-hybridized carbons (Fsp3) is 0.389. The van der Waals surface area contributed by atoms with Gasteiger partial charge in [0.25, 0.3) is 5.91 Å². The molecule has 0 spiro atoms. The van der Waals surface area contributed by atoms with Gasteiger partial charge in [-0.25, -0.2) is 9.18 Å². The van der Waals surface area contributed by atoms with Gasteiger partial charge in [-0.3, -0.25) is 10.1 Å². The molecule has 8 nitrogen and oxygen atoms in total. The Labute approximate surface area is 155 Å². The highest BCUT2D eigenvalue weighted by molar-refractivity contribution is 5.94. The van der Waals surface area contributed by atoms with Crippen molar-refractivity contribution in [1.82, 2.24) is 30.8 Å². The van der Waals surface area contributed by atoms with Crippen molar-refractivity contribution in [3.05, 3.63) is 41.7 Å². The molecule has 3 amide bonds. The number of hydrogen-bond acceptors (Lipinski definition) is 5. The largest absolute Gasteiger partial charge is 0.337 e. The minimum atomic E-state index is -0.562. The van der Waals surface area contributed by atoms with Crippen molar-refractivity contribution in [3.63, 3.8) is 0 Å². The number of hydrogen-bond donors (Lipinski definition) is 2. The summed E-state index contributed by atoms with van der Waals surface area (Å²) in [5, 5.41) is 16.4. The number of allylic oxidation sites excluding steroid dienone is 1. The first-order valence-corrected chi connectivity index (χ1v) is 8.89. The number of imide groups is 1. The first kappa shape index (κ1) is 18.7. The van der Waals surface area contributed by atoms with Crippen LogP contribution in [0.3, 0.4) is 0 Å². The number of carbonyl (C=O) groups excluding carboxylic acids is 2. The maximum Gasteiger partial charge on any atom is 0.321 e. The lowest BCUT2D eigenvalue weighted by atomic mass is 9.97. The van der Waals surface area contributed by atoms with Gasteiger partial charge in [0, 0.05) is 12.1 Å². The number of urea groups is 1. The standard InChI is InChI=1S/C18H21FN6O2/c19-15-8-4-7-14(11-15)17-22-24-25(23-17)12-16(26)21-18(27)20-10-9-13-5-2-1-3-6-13/h4-5,7-8,11H,1-3,6,9-10,12H2,(H2,20,21,26,27). The molecule has 0 radical (unpaired) electrons. The molecule has 142 valence electrons. The number of benzene rings is 1. The van der Waals surface area contributed by atoms with Crippen LogP contribution < -0.4 is 10.6 Å². The van der Waals surface area contributed by atoms with Crippen LogP contribution in [0.1, 0.15) is 32.1 Å². The van der Waals surface area contributed by atoms with Crippen LogP contribution in [0.25, 0.3) is 11.4 Å². The molecule has 0 atom stereocenters. The van der Waals surface area contributed by atoms with Gasteiger partial charge < -0.3 is 5.32 Å². The van der Waals surface area contributed by atoms with E-state index in [0.717, 1.165) is 24.1 Å². The van der Waals surface area contributed by atoms with Gasteiger partial charge in [0.2, 0.25) is 5.82 Å². The molecule has 3 rings (SSSR count). The number of aromatic nitrogens is 4. The number of carbonyl (C=O) groups is 2. The van der Waals surface area contributed by atoms with Crippen LogP contribution in [0.15, 0.2) is 35.9 Å². The number of amides is 3. The summed E-state index contributed by atoms with van der Waals surface area (Å²) in [6.07, 6.45) is 7.61. The van der Waals surface area contributed by atoms with Crippen LogP contribution in [-0.4, -0.2) is 38.7 Å². The van der Waals surface area contributed by atoms with Gasteiger partial charge in [0.1, 0.15) is 12.4 Å². The van der Waals surface area contributed by atoms with E-state index in [4.69, 9.17) is 0 Å². The SMILES string of the molecule is O=C(Cn1nnc(-c2cccc(F)c2)n1)NC(=O)NCCC1=CCCCC1. The monoisotopic (exact) mass is 372 g/mol. The molecule has 0 unspecified atom stereocenters. The molecule has 1 aliphatic carbocycles. The minimum Gasteiger partial charge on any atom is -0.337 e. The van der Waals surface area contributed by atoms with Crippen LogP contribution in [-0.2, 0) is 11.3 Å². The summed E-state index contributed by atoms with van der Waals surface area (Å²) in [5.41, 5.74) is 1.81. The number of nitrogens with one attached hydrogen (secondary N) is 2. The average molecular weight is 372 g/mol. The first-order chi connectivity index (χ1) is 13.1. The Morgan fingerprint density at radius 1 is 1.26 bits per heavy atom. The van der Waals surface area contributed by atoms with Crippen LogP contribution in [0.2, 0.25) is 0 Å². The zero-order valence-electron chi connectivity index (χ0n) is 14.8. The summed E-state index contributed by atoms with van der Waals surface area (Å²) < 4.78 is 13.2. The maximum atomic E-state index is 13.2. The molecule has 0 saturated heterocycles. The van der Waals surface area contributed by atoms with E-state index in [1.807, 2.05) is 0 Å². The Bertz CT molecular complexity index is 848. The van der Waals surface area contributed by atoms with Gasteiger partial charge in [-0.2, -0.15) is 4.80 Å². The topological polar surface area (TPSA) is 102 Å². The third-order valence-corrected chi connectivity index (χ3v) is 4.19. The number of tetrazole rings is 1. The highest BCUT2D eigenvalue weighted by Gasteiger charge is 2.12. The summed E-state index contributed by atoms with van der Waals surface area (Å²) in [6, 6.07) is 5.20. The summed E-state index contributed by atoms with van der Waals surface area (Å²) in [7, 11) is 0. The summed E-state index contributed by atoms with van der Waals surface area (Å²) >= 11 is 0. The molecule has 1 aromatic carbocycles. The molecule has 1 aliphatic rings. The Hall–Kier alpha value is -3.10. The highest BCUT2D eigenvalue weighted by Crippen LogP contribution is 2.19. The van der Waals surface area contributed by atoms with Gasteiger partial charge in [-0.1, -0.05) is 23.8 Å². The van der Waals surface area contributed by atoms with Crippen molar-refractivity contribution >= 4 is 11.9 Å². The van der Waals surface area contributed by atoms with E-state index in [1.165, 1.54) is 36.6 Å². The number of nitrogens with zero attached hydrogens (tertiary/aromatic N) is 4. The molecule has 1 heterocycles. The predicted molar refractivity (Wildman–Crippen MR) is 95.9 cm³/mol. The van der Waals surface area contributed by atoms with E-state index in [2.05, 4.69) is 32.1 Å². The molecule has 0 fully saturated rings. The molecule has 9 heteroatoms. The molecule has 0 aliphatic heterocycles. The second-order valence-electron chi connectivity index (χ2n) is 6.32. The second kappa shape index (κ2) is 9.02. The molecular weight excluding hydrogens is 351 g/mol. The van der Waals surface area contributed by atoms with Crippen LogP contribution >= 0.6 is 0 Å². The third kappa shape index (κ3) is 5.70. The smallest absolute Gasteiger partial charge is 0.321 e. The van der Waals surface area contributed by atoms with Crippen LogP contribution in [0, 0.1) is 5.82 Å². The molecular formula is C18H21FN6O2. The quantitative estimate of drug-likeness (QED) is 0.757. The van der Waals surface area contributed by atoms with E-state index >= 15 is 0 Å². The Balaban J connectivity index is 1.43. The second-order valence-corrected chi connectivity index (χ2v) is 6.32. The van der Waals surface area contributed by atoms with E-state index < -0.39 is 17.8 Å². The molecule has 27 heavy (non-hydrogen) atoms. The van der Waals surface area contributed by atoms with Crippen molar-refractivity contribution in [1.29, 1.82) is 0 Å². The lowest BCUT2D eigenvalue weighted by Crippen LogP contribution is -2.41. The molecule has 2 N–H and O–H groups in total. The molecule has 2 aromatic rings. The Morgan fingerprint density at radius 2 is 2.15 bits per heavy atom. The normalized spacial score (nSPS) is 13.7. The van der Waals surface area contributed by atoms with Gasteiger partial charge in [-0.05, 0) is 49.5 Å². The van der Waals surface area contributed by atoms with Crippen molar-refractivity contribution in [2.24, 2.45) is 0 Å². The van der Waals surface area contributed by atoms with E-state index in [9.17, 15) is 14.0 Å². The summed E-state index contributed by atoms with van der Waals surface area (Å²) in [4.78, 5) is 24.7.